The Balaban J connectivity index is 1.60. The highest BCUT2D eigenvalue weighted by atomic mass is 35.5. The molecule has 0 amide bonds. The number of nitrogens with zero attached hydrogens (tertiary/aromatic N) is 8. The van der Waals surface area contributed by atoms with E-state index in [4.69, 9.17) is 16.3 Å². The van der Waals surface area contributed by atoms with Crippen molar-refractivity contribution in [2.24, 2.45) is 0 Å². The lowest BCUT2D eigenvalue weighted by molar-refractivity contribution is -0.385. The summed E-state index contributed by atoms with van der Waals surface area (Å²) < 4.78 is 11.0. The third kappa shape index (κ3) is 4.28. The molecule has 0 aliphatic carbocycles. The smallest absolute Gasteiger partial charge is 0.307 e. The Bertz CT molecular complexity index is 1010. The standard InChI is InChI=1S/C16H19ClN8O3S/c1-2-22-9-13(17)14(21-22)15-19-20-16(24(15)8-12-4-3-5-28-12)29-10-23-7-11(6-18-23)25(26)27/h6-7,9,12H,2-5,8,10H2,1H3/t12-/m0/s1. The van der Waals surface area contributed by atoms with Gasteiger partial charge in [-0.2, -0.15) is 10.2 Å². The first-order valence-electron chi connectivity index (χ1n) is 9.13. The quantitative estimate of drug-likeness (QED) is 0.299. The number of thioether (sulfide) groups is 1. The summed E-state index contributed by atoms with van der Waals surface area (Å²) >= 11 is 7.76. The lowest BCUT2D eigenvalue weighted by Crippen LogP contribution is -2.17. The highest BCUT2D eigenvalue weighted by molar-refractivity contribution is 7.98. The molecule has 1 fully saturated rings. The topological polar surface area (TPSA) is 119 Å². The Labute approximate surface area is 175 Å². The maximum atomic E-state index is 10.8. The minimum atomic E-state index is -0.474. The number of aromatic nitrogens is 7. The minimum absolute atomic E-state index is 0.0519. The van der Waals surface area contributed by atoms with Crippen molar-refractivity contribution in [1.82, 2.24) is 34.3 Å². The lowest BCUT2D eigenvalue weighted by Gasteiger charge is -2.14. The molecule has 13 heteroatoms. The first-order valence-corrected chi connectivity index (χ1v) is 10.5. The van der Waals surface area contributed by atoms with Gasteiger partial charge in [0.25, 0.3) is 0 Å². The van der Waals surface area contributed by atoms with Crippen LogP contribution in [0.15, 0.2) is 23.7 Å². The minimum Gasteiger partial charge on any atom is -0.376 e. The number of halogens is 1. The van der Waals surface area contributed by atoms with Crippen LogP contribution in [0, 0.1) is 10.1 Å². The molecule has 1 aliphatic rings. The maximum absolute atomic E-state index is 10.8. The average Bonchev–Trinajstić information content (AvgIpc) is 3.48. The Morgan fingerprint density at radius 3 is 2.90 bits per heavy atom. The van der Waals surface area contributed by atoms with Crippen molar-refractivity contribution in [3.8, 4) is 11.5 Å². The van der Waals surface area contributed by atoms with E-state index in [0.29, 0.717) is 40.7 Å². The number of hydrogen-bond donors (Lipinski definition) is 0. The van der Waals surface area contributed by atoms with E-state index in [9.17, 15) is 10.1 Å². The molecule has 0 saturated carbocycles. The molecule has 4 heterocycles. The van der Waals surface area contributed by atoms with E-state index >= 15 is 0 Å². The van der Waals surface area contributed by atoms with Crippen molar-refractivity contribution >= 4 is 29.1 Å². The number of hydrogen-bond acceptors (Lipinski definition) is 8. The zero-order chi connectivity index (χ0) is 20.4. The van der Waals surface area contributed by atoms with Crippen LogP contribution < -0.4 is 0 Å². The van der Waals surface area contributed by atoms with Crippen LogP contribution in [0.3, 0.4) is 0 Å². The van der Waals surface area contributed by atoms with Gasteiger partial charge in [0.05, 0.1) is 28.5 Å². The van der Waals surface area contributed by atoms with E-state index in [0.717, 1.165) is 19.4 Å². The molecule has 0 N–H and O–H groups in total. The normalized spacial score (nSPS) is 16.6. The van der Waals surface area contributed by atoms with Crippen LogP contribution >= 0.6 is 23.4 Å². The van der Waals surface area contributed by atoms with E-state index in [-0.39, 0.29) is 11.8 Å². The summed E-state index contributed by atoms with van der Waals surface area (Å²) in [4.78, 5) is 10.4. The molecule has 11 nitrogen and oxygen atoms in total. The second-order valence-electron chi connectivity index (χ2n) is 6.50. The van der Waals surface area contributed by atoms with Gasteiger partial charge in [-0.3, -0.25) is 24.0 Å². The van der Waals surface area contributed by atoms with Gasteiger partial charge in [-0.15, -0.1) is 10.2 Å². The van der Waals surface area contributed by atoms with Crippen molar-refractivity contribution in [2.45, 2.75) is 50.0 Å². The van der Waals surface area contributed by atoms with Crippen LogP contribution in [0.1, 0.15) is 19.8 Å². The molecule has 154 valence electrons. The van der Waals surface area contributed by atoms with Crippen LogP contribution in [0.4, 0.5) is 5.69 Å². The molecule has 1 saturated heterocycles. The molecule has 4 rings (SSSR count). The molecule has 1 aliphatic heterocycles. The summed E-state index contributed by atoms with van der Waals surface area (Å²) in [6.45, 7) is 4.00. The molecule has 0 aromatic carbocycles. The highest BCUT2D eigenvalue weighted by Crippen LogP contribution is 2.30. The molecule has 0 unspecified atom stereocenters. The number of ether oxygens (including phenoxy) is 1. The molecule has 3 aromatic rings. The molecule has 0 bridgehead atoms. The second-order valence-corrected chi connectivity index (χ2v) is 7.82. The van der Waals surface area contributed by atoms with E-state index in [1.54, 1.807) is 10.9 Å². The van der Waals surface area contributed by atoms with E-state index < -0.39 is 4.92 Å². The monoisotopic (exact) mass is 438 g/mol. The Kier molecular flexibility index (Phi) is 5.83. The summed E-state index contributed by atoms with van der Waals surface area (Å²) in [6.07, 6.45) is 6.42. The van der Waals surface area contributed by atoms with E-state index in [1.165, 1.54) is 28.8 Å². The third-order valence-electron chi connectivity index (χ3n) is 4.54. The van der Waals surface area contributed by atoms with Gasteiger partial charge in [-0.25, -0.2) is 0 Å². The first-order chi connectivity index (χ1) is 14.0. The van der Waals surface area contributed by atoms with Crippen LogP contribution in [0.25, 0.3) is 11.5 Å². The number of nitro groups is 1. The summed E-state index contributed by atoms with van der Waals surface area (Å²) in [5.41, 5.74) is 0.518. The van der Waals surface area contributed by atoms with Crippen LogP contribution in [-0.4, -0.2) is 52.0 Å². The van der Waals surface area contributed by atoms with Gasteiger partial charge in [0.15, 0.2) is 11.0 Å². The van der Waals surface area contributed by atoms with Gasteiger partial charge in [0.1, 0.15) is 18.1 Å². The van der Waals surface area contributed by atoms with Crippen molar-refractivity contribution in [2.75, 3.05) is 6.61 Å². The summed E-state index contributed by atoms with van der Waals surface area (Å²) in [7, 11) is 0. The van der Waals surface area contributed by atoms with Gasteiger partial charge in [0, 0.05) is 19.3 Å². The fourth-order valence-electron chi connectivity index (χ4n) is 3.08. The largest absolute Gasteiger partial charge is 0.376 e. The van der Waals surface area contributed by atoms with E-state index in [2.05, 4.69) is 20.4 Å². The Morgan fingerprint density at radius 1 is 1.38 bits per heavy atom. The van der Waals surface area contributed by atoms with E-state index in [1.807, 2.05) is 11.5 Å². The highest BCUT2D eigenvalue weighted by Gasteiger charge is 2.24. The van der Waals surface area contributed by atoms with Crippen LogP contribution in [0.2, 0.25) is 5.02 Å². The van der Waals surface area contributed by atoms with Gasteiger partial charge in [0.2, 0.25) is 0 Å². The zero-order valence-corrected chi connectivity index (χ0v) is 17.2. The second kappa shape index (κ2) is 8.51. The molecule has 29 heavy (non-hydrogen) atoms. The van der Waals surface area contributed by atoms with Crippen LogP contribution in [0.5, 0.6) is 0 Å². The molecule has 1 atom stereocenters. The van der Waals surface area contributed by atoms with Gasteiger partial charge < -0.3 is 4.74 Å². The van der Waals surface area contributed by atoms with Gasteiger partial charge in [-0.05, 0) is 19.8 Å². The fourth-order valence-corrected chi connectivity index (χ4v) is 4.12. The Morgan fingerprint density at radius 2 is 2.24 bits per heavy atom. The lowest BCUT2D eigenvalue weighted by atomic mass is 10.2. The SMILES string of the molecule is CCn1cc(Cl)c(-c2nnc(SCn3cc([N+](=O)[O-])cn3)n2C[C@@H]2CCCO2)n1. The third-order valence-corrected chi connectivity index (χ3v) is 5.77. The van der Waals surface area contributed by atoms with Crippen molar-refractivity contribution in [1.29, 1.82) is 0 Å². The van der Waals surface area contributed by atoms with Crippen molar-refractivity contribution in [3.05, 3.63) is 33.7 Å². The summed E-state index contributed by atoms with van der Waals surface area (Å²) in [5.74, 6) is 0.931. The zero-order valence-electron chi connectivity index (χ0n) is 15.6. The molecule has 3 aromatic heterocycles. The average molecular weight is 439 g/mol. The molecule has 0 spiro atoms. The fraction of sp³-hybridized carbons (Fsp3) is 0.500. The Hall–Kier alpha value is -2.44. The van der Waals surface area contributed by atoms with Crippen LogP contribution in [-0.2, 0) is 23.7 Å². The van der Waals surface area contributed by atoms with Crippen molar-refractivity contribution < 1.29 is 9.66 Å². The predicted octanol–water partition coefficient (Wildman–Crippen LogP) is 2.85. The molecule has 0 radical (unpaired) electrons. The molecular formula is C16H19ClN8O3S. The molecular weight excluding hydrogens is 420 g/mol. The first kappa shape index (κ1) is 19.9. The summed E-state index contributed by atoms with van der Waals surface area (Å²) in [6, 6.07) is 0. The predicted molar refractivity (Wildman–Crippen MR) is 106 cm³/mol. The number of rotatable bonds is 8. The van der Waals surface area contributed by atoms with Gasteiger partial charge in [-0.1, -0.05) is 23.4 Å². The van der Waals surface area contributed by atoms with Gasteiger partial charge >= 0.3 is 5.69 Å². The van der Waals surface area contributed by atoms with Crippen molar-refractivity contribution in [3.63, 3.8) is 0 Å². The number of aryl methyl sites for hydroxylation is 1. The maximum Gasteiger partial charge on any atom is 0.307 e. The summed E-state index contributed by atoms with van der Waals surface area (Å²) in [5, 5.41) is 29.1.